The Morgan fingerprint density at radius 2 is 1.71 bits per heavy atom. The van der Waals surface area contributed by atoms with Crippen LogP contribution in [0.1, 0.15) is 39.2 Å². The van der Waals surface area contributed by atoms with Crippen LogP contribution in [-0.2, 0) is 15.9 Å². The zero-order valence-electron chi connectivity index (χ0n) is 11.0. The lowest BCUT2D eigenvalue weighted by atomic mass is 10.1. The van der Waals surface area contributed by atoms with Crippen molar-refractivity contribution in [2.45, 2.75) is 58.0 Å². The van der Waals surface area contributed by atoms with E-state index in [9.17, 15) is 0 Å². The SMILES string of the molecule is CCC1(CC)O[C@@H](C)[C@@H](Cc2ccccc2)O1. The average molecular weight is 234 g/mol. The van der Waals surface area contributed by atoms with Gasteiger partial charge in [0.15, 0.2) is 5.79 Å². The van der Waals surface area contributed by atoms with Crippen molar-refractivity contribution in [2.75, 3.05) is 0 Å². The highest BCUT2D eigenvalue weighted by Gasteiger charge is 2.42. The second kappa shape index (κ2) is 5.19. The molecule has 0 aromatic heterocycles. The van der Waals surface area contributed by atoms with Crippen molar-refractivity contribution >= 4 is 0 Å². The lowest BCUT2D eigenvalue weighted by Gasteiger charge is -2.25. The van der Waals surface area contributed by atoms with Crippen LogP contribution in [0.4, 0.5) is 0 Å². The van der Waals surface area contributed by atoms with Gasteiger partial charge in [0.1, 0.15) is 0 Å². The van der Waals surface area contributed by atoms with E-state index in [0.717, 1.165) is 19.3 Å². The van der Waals surface area contributed by atoms with Crippen LogP contribution < -0.4 is 0 Å². The van der Waals surface area contributed by atoms with Gasteiger partial charge in [0, 0.05) is 6.42 Å². The molecule has 1 aliphatic heterocycles. The minimum Gasteiger partial charge on any atom is -0.344 e. The summed E-state index contributed by atoms with van der Waals surface area (Å²) < 4.78 is 12.2. The van der Waals surface area contributed by atoms with Crippen LogP contribution in [0, 0.1) is 0 Å². The predicted molar refractivity (Wildman–Crippen MR) is 68.9 cm³/mol. The normalized spacial score (nSPS) is 27.2. The summed E-state index contributed by atoms with van der Waals surface area (Å²) in [5.74, 6) is -0.348. The third-order valence-electron chi connectivity index (χ3n) is 3.65. The number of rotatable bonds is 4. The van der Waals surface area contributed by atoms with Gasteiger partial charge in [-0.05, 0) is 25.3 Å². The standard InChI is InChI=1S/C15H22O2/c1-4-15(5-2)16-12(3)14(17-15)11-13-9-7-6-8-10-13/h6-10,12,14H,4-5,11H2,1-3H3/t12-,14+/m0/s1. The van der Waals surface area contributed by atoms with Crippen LogP contribution in [0.15, 0.2) is 30.3 Å². The fourth-order valence-electron chi connectivity index (χ4n) is 2.45. The van der Waals surface area contributed by atoms with Gasteiger partial charge in [-0.25, -0.2) is 0 Å². The third-order valence-corrected chi connectivity index (χ3v) is 3.65. The number of benzene rings is 1. The first-order chi connectivity index (χ1) is 8.19. The third kappa shape index (κ3) is 2.70. The van der Waals surface area contributed by atoms with Crippen molar-refractivity contribution in [1.82, 2.24) is 0 Å². The number of hydrogen-bond donors (Lipinski definition) is 0. The van der Waals surface area contributed by atoms with E-state index in [0.29, 0.717) is 0 Å². The van der Waals surface area contributed by atoms with Gasteiger partial charge in [-0.2, -0.15) is 0 Å². The maximum absolute atomic E-state index is 6.14. The van der Waals surface area contributed by atoms with Crippen LogP contribution in [0.2, 0.25) is 0 Å². The van der Waals surface area contributed by atoms with E-state index >= 15 is 0 Å². The molecule has 2 atom stereocenters. The molecule has 1 aromatic rings. The maximum Gasteiger partial charge on any atom is 0.168 e. The van der Waals surface area contributed by atoms with E-state index in [-0.39, 0.29) is 18.0 Å². The highest BCUT2D eigenvalue weighted by molar-refractivity contribution is 5.16. The molecule has 1 heterocycles. The Balaban J connectivity index is 2.04. The molecule has 1 aromatic carbocycles. The number of hydrogen-bond acceptors (Lipinski definition) is 2. The van der Waals surface area contributed by atoms with Gasteiger partial charge in [0.25, 0.3) is 0 Å². The molecular formula is C15H22O2. The maximum atomic E-state index is 6.14. The first-order valence-electron chi connectivity index (χ1n) is 6.58. The molecule has 0 unspecified atom stereocenters. The zero-order chi connectivity index (χ0) is 12.3. The second-order valence-corrected chi connectivity index (χ2v) is 4.79. The van der Waals surface area contributed by atoms with Gasteiger partial charge in [0.2, 0.25) is 0 Å². The van der Waals surface area contributed by atoms with Crippen molar-refractivity contribution in [1.29, 1.82) is 0 Å². The van der Waals surface area contributed by atoms with Gasteiger partial charge in [-0.3, -0.25) is 0 Å². The van der Waals surface area contributed by atoms with Crippen molar-refractivity contribution in [3.63, 3.8) is 0 Å². The Hall–Kier alpha value is -0.860. The van der Waals surface area contributed by atoms with Crippen molar-refractivity contribution in [2.24, 2.45) is 0 Å². The van der Waals surface area contributed by atoms with Crippen LogP contribution in [0.5, 0.6) is 0 Å². The molecule has 0 aliphatic carbocycles. The lowest BCUT2D eigenvalue weighted by Crippen LogP contribution is -2.29. The van der Waals surface area contributed by atoms with Crippen molar-refractivity contribution < 1.29 is 9.47 Å². The summed E-state index contributed by atoms with van der Waals surface area (Å²) >= 11 is 0. The van der Waals surface area contributed by atoms with E-state index in [1.54, 1.807) is 0 Å². The molecule has 2 nitrogen and oxygen atoms in total. The van der Waals surface area contributed by atoms with E-state index < -0.39 is 0 Å². The van der Waals surface area contributed by atoms with E-state index in [4.69, 9.17) is 9.47 Å². The first kappa shape index (κ1) is 12.6. The summed E-state index contributed by atoms with van der Waals surface area (Å²) in [7, 11) is 0. The summed E-state index contributed by atoms with van der Waals surface area (Å²) in [6.07, 6.45) is 3.12. The molecule has 94 valence electrons. The van der Waals surface area contributed by atoms with Crippen molar-refractivity contribution in [3.8, 4) is 0 Å². The van der Waals surface area contributed by atoms with Gasteiger partial charge < -0.3 is 9.47 Å². The second-order valence-electron chi connectivity index (χ2n) is 4.79. The van der Waals surface area contributed by atoms with Gasteiger partial charge in [0.05, 0.1) is 12.2 Å². The molecule has 1 fully saturated rings. The lowest BCUT2D eigenvalue weighted by molar-refractivity contribution is -0.177. The Kier molecular flexibility index (Phi) is 3.85. The molecule has 2 rings (SSSR count). The Bertz CT molecular complexity index is 343. The van der Waals surface area contributed by atoms with E-state index in [1.807, 2.05) is 6.07 Å². The molecule has 0 bridgehead atoms. The highest BCUT2D eigenvalue weighted by atomic mass is 16.8. The molecule has 0 N–H and O–H groups in total. The smallest absolute Gasteiger partial charge is 0.168 e. The summed E-state index contributed by atoms with van der Waals surface area (Å²) in [5, 5.41) is 0. The molecule has 0 amide bonds. The molecule has 1 saturated heterocycles. The van der Waals surface area contributed by atoms with Crippen molar-refractivity contribution in [3.05, 3.63) is 35.9 Å². The Morgan fingerprint density at radius 1 is 1.06 bits per heavy atom. The molecule has 0 saturated carbocycles. The zero-order valence-corrected chi connectivity index (χ0v) is 11.0. The predicted octanol–water partition coefficient (Wildman–Crippen LogP) is 3.55. The van der Waals surface area contributed by atoms with Crippen LogP contribution in [0.25, 0.3) is 0 Å². The molecule has 17 heavy (non-hydrogen) atoms. The molecular weight excluding hydrogens is 212 g/mol. The Morgan fingerprint density at radius 3 is 2.24 bits per heavy atom. The van der Waals surface area contributed by atoms with Crippen LogP contribution in [-0.4, -0.2) is 18.0 Å². The minimum absolute atomic E-state index is 0.176. The first-order valence-corrected chi connectivity index (χ1v) is 6.58. The Labute approximate surface area is 104 Å². The summed E-state index contributed by atoms with van der Waals surface area (Å²) in [5.41, 5.74) is 1.32. The van der Waals surface area contributed by atoms with Gasteiger partial charge >= 0.3 is 0 Å². The van der Waals surface area contributed by atoms with Gasteiger partial charge in [-0.15, -0.1) is 0 Å². The fourth-order valence-corrected chi connectivity index (χ4v) is 2.45. The molecule has 2 heteroatoms. The summed E-state index contributed by atoms with van der Waals surface area (Å²) in [6, 6.07) is 10.5. The fraction of sp³-hybridized carbons (Fsp3) is 0.600. The summed E-state index contributed by atoms with van der Waals surface area (Å²) in [4.78, 5) is 0. The number of ether oxygens (including phenoxy) is 2. The average Bonchev–Trinajstić information content (AvgIpc) is 2.68. The van der Waals surface area contributed by atoms with Gasteiger partial charge in [-0.1, -0.05) is 44.2 Å². The topological polar surface area (TPSA) is 18.5 Å². The van der Waals surface area contributed by atoms with Crippen LogP contribution >= 0.6 is 0 Å². The summed E-state index contributed by atoms with van der Waals surface area (Å²) in [6.45, 7) is 6.36. The molecule has 1 aliphatic rings. The van der Waals surface area contributed by atoms with E-state index in [2.05, 4.69) is 45.0 Å². The van der Waals surface area contributed by atoms with E-state index in [1.165, 1.54) is 5.56 Å². The van der Waals surface area contributed by atoms with Crippen LogP contribution in [0.3, 0.4) is 0 Å². The molecule has 0 spiro atoms. The molecule has 0 radical (unpaired) electrons. The largest absolute Gasteiger partial charge is 0.344 e. The highest BCUT2D eigenvalue weighted by Crippen LogP contribution is 2.35. The minimum atomic E-state index is -0.348. The monoisotopic (exact) mass is 234 g/mol. The quantitative estimate of drug-likeness (QED) is 0.793.